The van der Waals surface area contributed by atoms with Gasteiger partial charge in [-0.2, -0.15) is 5.10 Å². The number of rotatable bonds is 8. The van der Waals surface area contributed by atoms with Gasteiger partial charge in [-0.1, -0.05) is 23.7 Å². The number of ether oxygens (including phenoxy) is 2. The van der Waals surface area contributed by atoms with Crippen molar-refractivity contribution in [3.05, 3.63) is 63.2 Å². The van der Waals surface area contributed by atoms with Crippen LogP contribution in [-0.4, -0.2) is 36.5 Å². The molecule has 0 bridgehead atoms. The van der Waals surface area contributed by atoms with E-state index in [1.165, 1.54) is 18.3 Å². The molecule has 142 valence electrons. The summed E-state index contributed by atoms with van der Waals surface area (Å²) < 4.78 is 10.5. The molecule has 0 saturated heterocycles. The van der Waals surface area contributed by atoms with E-state index in [0.717, 1.165) is 0 Å². The van der Waals surface area contributed by atoms with Crippen molar-refractivity contribution in [2.45, 2.75) is 0 Å². The lowest BCUT2D eigenvalue weighted by Crippen LogP contribution is -2.34. The highest BCUT2D eigenvalue weighted by Crippen LogP contribution is 2.34. The lowest BCUT2D eigenvalue weighted by atomic mass is 10.2. The van der Waals surface area contributed by atoms with Gasteiger partial charge in [0.25, 0.3) is 0 Å². The van der Waals surface area contributed by atoms with E-state index >= 15 is 0 Å². The largest absolute Gasteiger partial charge is 0.449 e. The monoisotopic (exact) mass is 408 g/mol. The van der Waals surface area contributed by atoms with Crippen molar-refractivity contribution in [2.24, 2.45) is 5.10 Å². The molecular weight excluding hydrogens is 392 g/mol. The third-order valence-corrected chi connectivity index (χ3v) is 3.76. The maximum Gasteiger partial charge on any atom is 0.312 e. The molecule has 0 radical (unpaired) electrons. The van der Waals surface area contributed by atoms with Crippen molar-refractivity contribution in [3.8, 4) is 11.5 Å². The first kappa shape index (κ1) is 20.6. The number of halogens is 1. The second-order valence-corrected chi connectivity index (χ2v) is 5.95. The second-order valence-electron chi connectivity index (χ2n) is 5.14. The van der Waals surface area contributed by atoms with Gasteiger partial charge in [0.15, 0.2) is 5.11 Å². The number of benzene rings is 2. The second kappa shape index (κ2) is 10.4. The molecule has 0 heterocycles. The first-order valence-corrected chi connectivity index (χ1v) is 8.56. The zero-order valence-corrected chi connectivity index (χ0v) is 15.9. The van der Waals surface area contributed by atoms with Crippen molar-refractivity contribution >= 4 is 40.8 Å². The number of para-hydroxylation sites is 1. The molecule has 2 N–H and O–H groups in total. The van der Waals surface area contributed by atoms with Crippen LogP contribution in [0.15, 0.2) is 47.6 Å². The molecular formula is C17H17ClN4O4S. The summed E-state index contributed by atoms with van der Waals surface area (Å²) in [7, 11) is 1.59. The standard InChI is InChI=1S/C17H17ClN4O4S/c1-25-9-8-19-17(27)21-20-11-12-6-7-16(14(10-12)22(23)24)26-15-5-3-2-4-13(15)18/h2-7,10-11H,8-9H2,1H3,(H2,19,21,27)/b20-11+. The van der Waals surface area contributed by atoms with Crippen LogP contribution in [0, 0.1) is 10.1 Å². The lowest BCUT2D eigenvalue weighted by Gasteiger charge is -2.08. The fourth-order valence-electron chi connectivity index (χ4n) is 1.96. The van der Waals surface area contributed by atoms with Crippen molar-refractivity contribution in [2.75, 3.05) is 20.3 Å². The number of nitrogens with zero attached hydrogens (tertiary/aromatic N) is 2. The zero-order chi connectivity index (χ0) is 19.6. The predicted octanol–water partition coefficient (Wildman–Crippen LogP) is 3.48. The summed E-state index contributed by atoms with van der Waals surface area (Å²) >= 11 is 11.1. The van der Waals surface area contributed by atoms with Crippen LogP contribution in [0.25, 0.3) is 0 Å². The fourth-order valence-corrected chi connectivity index (χ4v) is 2.29. The Labute approximate surface area is 166 Å². The molecule has 2 aromatic carbocycles. The molecule has 27 heavy (non-hydrogen) atoms. The first-order chi connectivity index (χ1) is 13.0. The van der Waals surface area contributed by atoms with E-state index in [1.54, 1.807) is 37.4 Å². The van der Waals surface area contributed by atoms with E-state index in [2.05, 4.69) is 15.8 Å². The third-order valence-electron chi connectivity index (χ3n) is 3.21. The van der Waals surface area contributed by atoms with Crippen LogP contribution in [0.4, 0.5) is 5.69 Å². The summed E-state index contributed by atoms with van der Waals surface area (Å²) in [6, 6.07) is 11.2. The summed E-state index contributed by atoms with van der Waals surface area (Å²) in [6.07, 6.45) is 1.41. The number of methoxy groups -OCH3 is 1. The number of hydrogen-bond acceptors (Lipinski definition) is 6. The van der Waals surface area contributed by atoms with Crippen LogP contribution < -0.4 is 15.5 Å². The smallest absolute Gasteiger partial charge is 0.312 e. The third kappa shape index (κ3) is 6.48. The Kier molecular flexibility index (Phi) is 7.93. The maximum atomic E-state index is 11.4. The topological polar surface area (TPSA) is 98.0 Å². The van der Waals surface area contributed by atoms with Gasteiger partial charge in [0.1, 0.15) is 5.75 Å². The number of hydrazone groups is 1. The van der Waals surface area contributed by atoms with Gasteiger partial charge in [-0.05, 0) is 36.5 Å². The van der Waals surface area contributed by atoms with E-state index in [-0.39, 0.29) is 11.4 Å². The fraction of sp³-hybridized carbons (Fsp3) is 0.176. The van der Waals surface area contributed by atoms with Gasteiger partial charge in [0, 0.05) is 25.3 Å². The number of nitro benzene ring substituents is 1. The van der Waals surface area contributed by atoms with Crippen LogP contribution in [0.2, 0.25) is 5.02 Å². The lowest BCUT2D eigenvalue weighted by molar-refractivity contribution is -0.385. The molecule has 0 atom stereocenters. The Morgan fingerprint density at radius 2 is 2.11 bits per heavy atom. The van der Waals surface area contributed by atoms with Crippen LogP contribution in [0.5, 0.6) is 11.5 Å². The molecule has 0 aromatic heterocycles. The molecule has 0 aliphatic heterocycles. The highest BCUT2D eigenvalue weighted by Gasteiger charge is 2.17. The Morgan fingerprint density at radius 1 is 1.33 bits per heavy atom. The number of hydrogen-bond donors (Lipinski definition) is 2. The Bertz CT molecular complexity index is 847. The molecule has 0 amide bonds. The number of thiocarbonyl (C=S) groups is 1. The average Bonchev–Trinajstić information content (AvgIpc) is 2.64. The highest BCUT2D eigenvalue weighted by atomic mass is 35.5. The molecule has 0 unspecified atom stereocenters. The van der Waals surface area contributed by atoms with Crippen molar-refractivity contribution in [3.63, 3.8) is 0 Å². The number of nitro groups is 1. The molecule has 2 rings (SSSR count). The minimum atomic E-state index is -0.534. The van der Waals surface area contributed by atoms with Crippen LogP contribution in [0.1, 0.15) is 5.56 Å². The summed E-state index contributed by atoms with van der Waals surface area (Å²) in [5.74, 6) is 0.410. The molecule has 2 aromatic rings. The van der Waals surface area contributed by atoms with E-state index < -0.39 is 4.92 Å². The molecule has 8 nitrogen and oxygen atoms in total. The van der Waals surface area contributed by atoms with Crippen LogP contribution in [-0.2, 0) is 4.74 Å². The Hall–Kier alpha value is -2.75. The van der Waals surface area contributed by atoms with Crippen LogP contribution in [0.3, 0.4) is 0 Å². The van der Waals surface area contributed by atoms with E-state index in [1.807, 2.05) is 0 Å². The Balaban J connectivity index is 2.08. The molecule has 0 aliphatic rings. The van der Waals surface area contributed by atoms with Gasteiger partial charge in [-0.25, -0.2) is 0 Å². The van der Waals surface area contributed by atoms with Gasteiger partial charge in [-0.15, -0.1) is 0 Å². The quantitative estimate of drug-likeness (QED) is 0.227. The zero-order valence-electron chi connectivity index (χ0n) is 14.3. The van der Waals surface area contributed by atoms with Crippen molar-refractivity contribution in [1.82, 2.24) is 10.7 Å². The summed E-state index contributed by atoms with van der Waals surface area (Å²) in [5, 5.41) is 18.9. The minimum absolute atomic E-state index is 0.0787. The minimum Gasteiger partial charge on any atom is -0.449 e. The first-order valence-electron chi connectivity index (χ1n) is 7.78. The molecule has 0 aliphatic carbocycles. The van der Waals surface area contributed by atoms with E-state index in [9.17, 15) is 10.1 Å². The van der Waals surface area contributed by atoms with Crippen LogP contribution >= 0.6 is 23.8 Å². The average molecular weight is 409 g/mol. The van der Waals surface area contributed by atoms with Gasteiger partial charge < -0.3 is 14.8 Å². The van der Waals surface area contributed by atoms with Crippen molar-refractivity contribution in [1.29, 1.82) is 0 Å². The molecule has 0 saturated carbocycles. The normalized spacial score (nSPS) is 10.6. The van der Waals surface area contributed by atoms with E-state index in [0.29, 0.717) is 34.6 Å². The summed E-state index contributed by atoms with van der Waals surface area (Å²) in [6.45, 7) is 1.04. The maximum absolute atomic E-state index is 11.4. The van der Waals surface area contributed by atoms with Crippen molar-refractivity contribution < 1.29 is 14.4 Å². The Morgan fingerprint density at radius 3 is 2.81 bits per heavy atom. The van der Waals surface area contributed by atoms with E-state index in [4.69, 9.17) is 33.3 Å². The number of nitrogens with one attached hydrogen (secondary N) is 2. The predicted molar refractivity (Wildman–Crippen MR) is 108 cm³/mol. The van der Waals surface area contributed by atoms with Gasteiger partial charge >= 0.3 is 5.69 Å². The van der Waals surface area contributed by atoms with Gasteiger partial charge in [0.05, 0.1) is 22.8 Å². The van der Waals surface area contributed by atoms with Gasteiger partial charge in [0.2, 0.25) is 5.75 Å². The molecule has 10 heteroatoms. The molecule has 0 spiro atoms. The summed E-state index contributed by atoms with van der Waals surface area (Å²) in [4.78, 5) is 10.8. The van der Waals surface area contributed by atoms with Gasteiger partial charge in [-0.3, -0.25) is 15.5 Å². The molecule has 0 fully saturated rings. The highest BCUT2D eigenvalue weighted by molar-refractivity contribution is 7.80. The summed E-state index contributed by atoms with van der Waals surface area (Å²) in [5.41, 5.74) is 2.91. The SMILES string of the molecule is COCCNC(=S)N/N=C/c1ccc(Oc2ccccc2Cl)c([N+](=O)[O-])c1.